The van der Waals surface area contributed by atoms with Gasteiger partial charge in [0.05, 0.1) is 28.8 Å². The van der Waals surface area contributed by atoms with Gasteiger partial charge in [0.25, 0.3) is 0 Å². The summed E-state index contributed by atoms with van der Waals surface area (Å²) < 4.78 is 54.3. The molecule has 1 aliphatic heterocycles. The topological polar surface area (TPSA) is 76.0 Å². The molecule has 1 aliphatic rings. The van der Waals surface area contributed by atoms with E-state index < -0.39 is 40.1 Å². The first-order valence-electron chi connectivity index (χ1n) is 5.44. The minimum absolute atomic E-state index is 0.0339. The fraction of sp³-hybridized carbons (Fsp3) is 0.364. The summed E-state index contributed by atoms with van der Waals surface area (Å²) in [5.41, 5.74) is -0.399. The predicted molar refractivity (Wildman–Crippen MR) is 63.8 cm³/mol. The van der Waals surface area contributed by atoms with Gasteiger partial charge in [-0.15, -0.1) is 0 Å². The van der Waals surface area contributed by atoms with Crippen molar-refractivity contribution in [2.24, 2.45) is 0 Å². The van der Waals surface area contributed by atoms with E-state index in [1.807, 2.05) is 0 Å². The summed E-state index contributed by atoms with van der Waals surface area (Å²) >= 11 is 0. The van der Waals surface area contributed by atoms with Gasteiger partial charge in [0.2, 0.25) is 0 Å². The molecule has 0 radical (unpaired) electrons. The van der Waals surface area contributed by atoms with Crippen LogP contribution in [-0.4, -0.2) is 33.5 Å². The monoisotopic (exact) mass is 294 g/mol. The lowest BCUT2D eigenvalue weighted by Crippen LogP contribution is -2.32. The molecule has 1 fully saturated rings. The van der Waals surface area contributed by atoms with Crippen LogP contribution in [0.2, 0.25) is 0 Å². The van der Waals surface area contributed by atoms with Crippen molar-refractivity contribution in [2.75, 3.05) is 12.4 Å². The van der Waals surface area contributed by atoms with Crippen LogP contribution in [0, 0.1) is 11.6 Å². The van der Waals surface area contributed by atoms with Crippen molar-refractivity contribution in [3.63, 3.8) is 0 Å². The predicted octanol–water partition coefficient (Wildman–Crippen LogP) is 2.58. The number of ether oxygens (including phenoxy) is 1. The van der Waals surface area contributed by atoms with Gasteiger partial charge in [0, 0.05) is 12.5 Å². The Hall–Kier alpha value is -1.22. The van der Waals surface area contributed by atoms with Crippen LogP contribution in [0.3, 0.4) is 0 Å². The van der Waals surface area contributed by atoms with Crippen molar-refractivity contribution in [2.45, 2.75) is 12.5 Å². The van der Waals surface area contributed by atoms with Crippen LogP contribution < -0.4 is 0 Å². The summed E-state index contributed by atoms with van der Waals surface area (Å²) in [6.45, 7) is 0.0339. The quantitative estimate of drug-likeness (QED) is 0.820. The second-order valence-electron chi connectivity index (χ2n) is 4.04. The molecule has 0 saturated carbocycles. The zero-order valence-corrected chi connectivity index (χ0v) is 10.5. The van der Waals surface area contributed by atoms with Crippen LogP contribution in [0.25, 0.3) is 0 Å². The Bertz CT molecular complexity index is 494. The Balaban J connectivity index is 2.04. The first kappa shape index (κ1) is 14.2. The Kier molecular flexibility index (Phi) is 4.04. The summed E-state index contributed by atoms with van der Waals surface area (Å²) in [4.78, 5) is 11.7. The third-order valence-corrected chi connectivity index (χ3v) is 3.89. The van der Waals surface area contributed by atoms with Crippen molar-refractivity contribution in [3.05, 3.63) is 35.4 Å². The Morgan fingerprint density at radius 2 is 2.16 bits per heavy atom. The normalized spacial score (nSPS) is 23.7. The van der Waals surface area contributed by atoms with Gasteiger partial charge in [-0.05, 0) is 12.1 Å². The largest absolute Gasteiger partial charge is 0.458 e. The molecule has 2 rings (SSSR count). The van der Waals surface area contributed by atoms with Crippen LogP contribution in [0.15, 0.2) is 18.2 Å². The van der Waals surface area contributed by atoms with Crippen LogP contribution >= 0.6 is 10.9 Å². The second kappa shape index (κ2) is 5.41. The summed E-state index contributed by atoms with van der Waals surface area (Å²) in [6.07, 6.45) is -0.486. The minimum Gasteiger partial charge on any atom is -0.458 e. The lowest BCUT2D eigenvalue weighted by Gasteiger charge is -2.34. The van der Waals surface area contributed by atoms with E-state index in [2.05, 4.69) is 0 Å². The maximum absolute atomic E-state index is 13.3. The molecular formula is C11H12F2O5S. The fourth-order valence-corrected chi connectivity index (χ4v) is 2.83. The molecular weight excluding hydrogens is 282 g/mol. The standard InChI is InChI=1S/C11H12F2O5S/c12-7-1-2-9(10(13)5-7)11(14)18-8-3-4-17-19(15,16)6-8/h1-2,5,8,15-16H,3-4,6H2. The molecule has 19 heavy (non-hydrogen) atoms. The number of carbonyl (C=O) groups excluding carboxylic acids is 1. The minimum atomic E-state index is -3.21. The molecule has 1 aromatic rings. The molecule has 0 aliphatic carbocycles. The molecule has 0 spiro atoms. The van der Waals surface area contributed by atoms with Crippen LogP contribution in [0.4, 0.5) is 8.78 Å². The highest BCUT2D eigenvalue weighted by atomic mass is 32.3. The summed E-state index contributed by atoms with van der Waals surface area (Å²) in [5, 5.41) is 0. The van der Waals surface area contributed by atoms with Crippen molar-refractivity contribution in [3.8, 4) is 0 Å². The maximum Gasteiger partial charge on any atom is 0.341 e. The highest BCUT2D eigenvalue weighted by molar-refractivity contribution is 8.20. The SMILES string of the molecule is O=C(OC1CCOS(O)(O)C1)c1ccc(F)cc1F. The molecule has 1 atom stereocenters. The van der Waals surface area contributed by atoms with Crippen LogP contribution in [-0.2, 0) is 8.92 Å². The van der Waals surface area contributed by atoms with E-state index in [1.54, 1.807) is 0 Å². The zero-order chi connectivity index (χ0) is 14.0. The van der Waals surface area contributed by atoms with E-state index in [4.69, 9.17) is 8.92 Å². The average Bonchev–Trinajstić information content (AvgIpc) is 2.27. The van der Waals surface area contributed by atoms with Gasteiger partial charge in [-0.25, -0.2) is 13.6 Å². The summed E-state index contributed by atoms with van der Waals surface area (Å²) in [6, 6.07) is 2.50. The highest BCUT2D eigenvalue weighted by Gasteiger charge is 2.32. The van der Waals surface area contributed by atoms with Crippen LogP contribution in [0.5, 0.6) is 0 Å². The van der Waals surface area contributed by atoms with E-state index in [0.29, 0.717) is 6.07 Å². The van der Waals surface area contributed by atoms with Crippen molar-refractivity contribution >= 4 is 16.8 Å². The molecule has 1 aromatic carbocycles. The van der Waals surface area contributed by atoms with E-state index in [-0.39, 0.29) is 18.8 Å². The lowest BCUT2D eigenvalue weighted by atomic mass is 10.2. The lowest BCUT2D eigenvalue weighted by molar-refractivity contribution is 0.0245. The first-order chi connectivity index (χ1) is 8.87. The maximum atomic E-state index is 13.3. The molecule has 0 amide bonds. The van der Waals surface area contributed by atoms with Crippen molar-refractivity contribution in [1.29, 1.82) is 0 Å². The van der Waals surface area contributed by atoms with Gasteiger partial charge >= 0.3 is 5.97 Å². The molecule has 8 heteroatoms. The van der Waals surface area contributed by atoms with Crippen molar-refractivity contribution in [1.82, 2.24) is 0 Å². The van der Waals surface area contributed by atoms with Gasteiger partial charge < -0.3 is 13.8 Å². The molecule has 0 aromatic heterocycles. The number of esters is 1. The number of rotatable bonds is 2. The fourth-order valence-electron chi connectivity index (χ4n) is 1.65. The highest BCUT2D eigenvalue weighted by Crippen LogP contribution is 2.44. The van der Waals surface area contributed by atoms with E-state index in [0.717, 1.165) is 12.1 Å². The number of halogens is 2. The van der Waals surface area contributed by atoms with E-state index in [9.17, 15) is 22.7 Å². The zero-order valence-electron chi connectivity index (χ0n) is 9.71. The summed E-state index contributed by atoms with van der Waals surface area (Å²) in [5.74, 6) is -3.04. The third-order valence-electron chi connectivity index (χ3n) is 2.54. The number of hydrogen-bond donors (Lipinski definition) is 2. The smallest absolute Gasteiger partial charge is 0.341 e. The molecule has 1 heterocycles. The molecule has 2 N–H and O–H groups in total. The van der Waals surface area contributed by atoms with Gasteiger partial charge in [0.15, 0.2) is 0 Å². The Morgan fingerprint density at radius 3 is 2.79 bits per heavy atom. The van der Waals surface area contributed by atoms with Gasteiger partial charge in [-0.2, -0.15) is 0 Å². The Morgan fingerprint density at radius 1 is 1.42 bits per heavy atom. The van der Waals surface area contributed by atoms with Gasteiger partial charge in [0.1, 0.15) is 17.7 Å². The average molecular weight is 294 g/mol. The Labute approximate surface area is 109 Å². The number of carbonyl (C=O) groups is 1. The first-order valence-corrected chi connectivity index (χ1v) is 7.08. The van der Waals surface area contributed by atoms with E-state index >= 15 is 0 Å². The summed E-state index contributed by atoms with van der Waals surface area (Å²) in [7, 11) is -3.21. The van der Waals surface area contributed by atoms with Gasteiger partial charge in [-0.1, -0.05) is 0 Å². The van der Waals surface area contributed by atoms with Crippen molar-refractivity contribution < 1.29 is 31.6 Å². The number of benzene rings is 1. The molecule has 1 unspecified atom stereocenters. The molecule has 106 valence electrons. The van der Waals surface area contributed by atoms with Crippen LogP contribution in [0.1, 0.15) is 16.8 Å². The second-order valence-corrected chi connectivity index (χ2v) is 5.82. The molecule has 1 saturated heterocycles. The van der Waals surface area contributed by atoms with Gasteiger partial charge in [-0.3, -0.25) is 4.18 Å². The third kappa shape index (κ3) is 3.63. The van der Waals surface area contributed by atoms with E-state index in [1.165, 1.54) is 0 Å². The molecule has 5 nitrogen and oxygen atoms in total. The number of hydrogen-bond acceptors (Lipinski definition) is 5. The molecule has 0 bridgehead atoms.